The minimum absolute atomic E-state index is 0.133. The molecule has 0 saturated carbocycles. The Morgan fingerprint density at radius 2 is 2.20 bits per heavy atom. The predicted molar refractivity (Wildman–Crippen MR) is 55.8 cm³/mol. The normalized spacial score (nSPS) is 13.9. The maximum absolute atomic E-state index is 11.1. The molecule has 78 valence electrons. The molecule has 15 heavy (non-hydrogen) atoms. The van der Waals surface area contributed by atoms with Crippen LogP contribution >= 0.6 is 23.2 Å². The van der Waals surface area contributed by atoms with E-state index in [1.807, 2.05) is 0 Å². The van der Waals surface area contributed by atoms with E-state index >= 15 is 0 Å². The molecule has 1 aliphatic rings. The highest BCUT2D eigenvalue weighted by atomic mass is 35.5. The van der Waals surface area contributed by atoms with Crippen molar-refractivity contribution in [3.8, 4) is 5.75 Å². The van der Waals surface area contributed by atoms with Crippen molar-refractivity contribution in [2.24, 2.45) is 0 Å². The SMILES string of the molecule is O=C1COc2c(cc(Cl)cc2C(=O)Cl)N1. The van der Waals surface area contributed by atoms with Crippen molar-refractivity contribution in [1.82, 2.24) is 0 Å². The second-order valence-electron chi connectivity index (χ2n) is 2.94. The van der Waals surface area contributed by atoms with E-state index in [0.717, 1.165) is 0 Å². The zero-order valence-electron chi connectivity index (χ0n) is 7.34. The van der Waals surface area contributed by atoms with Gasteiger partial charge in [0.2, 0.25) is 0 Å². The lowest BCUT2D eigenvalue weighted by Crippen LogP contribution is -2.26. The summed E-state index contributed by atoms with van der Waals surface area (Å²) in [5.41, 5.74) is 0.516. The number of fused-ring (bicyclic) bond motifs is 1. The summed E-state index contributed by atoms with van der Waals surface area (Å²) in [7, 11) is 0. The number of benzene rings is 1. The molecule has 0 fully saturated rings. The van der Waals surface area contributed by atoms with Gasteiger partial charge >= 0.3 is 0 Å². The van der Waals surface area contributed by atoms with Crippen molar-refractivity contribution >= 4 is 40.0 Å². The maximum Gasteiger partial charge on any atom is 0.262 e. The van der Waals surface area contributed by atoms with Gasteiger partial charge in [-0.15, -0.1) is 0 Å². The molecule has 2 rings (SSSR count). The number of rotatable bonds is 1. The number of halogens is 2. The molecular weight excluding hydrogens is 241 g/mol. The Balaban J connectivity index is 2.58. The van der Waals surface area contributed by atoms with E-state index in [1.54, 1.807) is 0 Å². The van der Waals surface area contributed by atoms with Crippen LogP contribution in [0.4, 0.5) is 5.69 Å². The second kappa shape index (κ2) is 3.72. The van der Waals surface area contributed by atoms with Gasteiger partial charge in [0.25, 0.3) is 11.1 Å². The van der Waals surface area contributed by atoms with Crippen LogP contribution in [-0.4, -0.2) is 17.8 Å². The summed E-state index contributed by atoms with van der Waals surface area (Å²) in [6.45, 7) is -0.133. The lowest BCUT2D eigenvalue weighted by molar-refractivity contribution is -0.118. The fraction of sp³-hybridized carbons (Fsp3) is 0.111. The van der Waals surface area contributed by atoms with Crippen molar-refractivity contribution in [2.45, 2.75) is 0 Å². The van der Waals surface area contributed by atoms with Crippen molar-refractivity contribution in [1.29, 1.82) is 0 Å². The monoisotopic (exact) mass is 245 g/mol. The van der Waals surface area contributed by atoms with Crippen LogP contribution in [0.25, 0.3) is 0 Å². The van der Waals surface area contributed by atoms with E-state index in [9.17, 15) is 9.59 Å². The molecule has 1 N–H and O–H groups in total. The first-order chi connectivity index (χ1) is 7.08. The van der Waals surface area contributed by atoms with Crippen LogP contribution in [0.15, 0.2) is 12.1 Å². The van der Waals surface area contributed by atoms with Gasteiger partial charge in [-0.25, -0.2) is 0 Å². The largest absolute Gasteiger partial charge is 0.481 e. The molecule has 1 aliphatic heterocycles. The Bertz CT molecular complexity index is 459. The molecule has 6 heteroatoms. The predicted octanol–water partition coefficient (Wildman–Crippen LogP) is 2.05. The third kappa shape index (κ3) is 1.91. The molecule has 1 amide bonds. The zero-order chi connectivity index (χ0) is 11.0. The Hall–Kier alpha value is -1.26. The molecule has 0 aromatic heterocycles. The van der Waals surface area contributed by atoms with E-state index in [2.05, 4.69) is 5.32 Å². The number of anilines is 1. The number of amides is 1. The highest BCUT2D eigenvalue weighted by Crippen LogP contribution is 2.35. The Labute approximate surface area is 95.1 Å². The highest BCUT2D eigenvalue weighted by Gasteiger charge is 2.22. The van der Waals surface area contributed by atoms with E-state index in [4.69, 9.17) is 27.9 Å². The number of carbonyl (C=O) groups is 2. The molecule has 4 nitrogen and oxygen atoms in total. The quantitative estimate of drug-likeness (QED) is 0.771. The molecule has 0 atom stereocenters. The van der Waals surface area contributed by atoms with Gasteiger partial charge in [-0.1, -0.05) is 11.6 Å². The summed E-state index contributed by atoms with van der Waals surface area (Å²) >= 11 is 11.1. The van der Waals surface area contributed by atoms with Crippen molar-refractivity contribution in [3.63, 3.8) is 0 Å². The maximum atomic E-state index is 11.1. The molecule has 0 bridgehead atoms. The highest BCUT2D eigenvalue weighted by molar-refractivity contribution is 6.68. The minimum Gasteiger partial charge on any atom is -0.481 e. The molecule has 0 saturated heterocycles. The summed E-state index contributed by atoms with van der Waals surface area (Å²) in [5.74, 6) is -0.0308. The Morgan fingerprint density at radius 1 is 1.47 bits per heavy atom. The molecule has 1 aromatic carbocycles. The van der Waals surface area contributed by atoms with Gasteiger partial charge in [-0.2, -0.15) is 0 Å². The summed E-state index contributed by atoms with van der Waals surface area (Å²) in [4.78, 5) is 22.1. The fourth-order valence-corrected chi connectivity index (χ4v) is 1.67. The third-order valence-electron chi connectivity index (χ3n) is 1.89. The van der Waals surface area contributed by atoms with E-state index in [-0.39, 0.29) is 23.8 Å². The fourth-order valence-electron chi connectivity index (χ4n) is 1.31. The lowest BCUT2D eigenvalue weighted by atomic mass is 10.1. The average Bonchev–Trinajstić information content (AvgIpc) is 2.15. The number of ether oxygens (including phenoxy) is 1. The Morgan fingerprint density at radius 3 is 2.87 bits per heavy atom. The molecule has 0 radical (unpaired) electrons. The van der Waals surface area contributed by atoms with Gasteiger partial charge in [0, 0.05) is 5.02 Å². The molecule has 0 aliphatic carbocycles. The van der Waals surface area contributed by atoms with Gasteiger partial charge in [-0.05, 0) is 23.7 Å². The van der Waals surface area contributed by atoms with Crippen LogP contribution in [-0.2, 0) is 4.79 Å². The van der Waals surface area contributed by atoms with E-state index in [0.29, 0.717) is 10.7 Å². The number of hydrogen-bond donors (Lipinski definition) is 1. The van der Waals surface area contributed by atoms with Crippen LogP contribution in [0, 0.1) is 0 Å². The minimum atomic E-state index is -0.676. The van der Waals surface area contributed by atoms with Gasteiger partial charge in [0.05, 0.1) is 11.3 Å². The van der Waals surface area contributed by atoms with Gasteiger partial charge < -0.3 is 10.1 Å². The van der Waals surface area contributed by atoms with Crippen LogP contribution in [0.1, 0.15) is 10.4 Å². The van der Waals surface area contributed by atoms with Gasteiger partial charge in [-0.3, -0.25) is 9.59 Å². The molecular formula is C9H5Cl2NO3. The second-order valence-corrected chi connectivity index (χ2v) is 3.72. The number of carbonyl (C=O) groups excluding carboxylic acids is 2. The summed E-state index contributed by atoms with van der Waals surface area (Å²) in [6, 6.07) is 2.89. The molecule has 0 spiro atoms. The van der Waals surface area contributed by atoms with Crippen LogP contribution < -0.4 is 10.1 Å². The first kappa shape index (κ1) is 10.3. The first-order valence-corrected chi connectivity index (χ1v) is 4.79. The topological polar surface area (TPSA) is 55.4 Å². The van der Waals surface area contributed by atoms with Gasteiger partial charge in [0.15, 0.2) is 12.4 Å². The third-order valence-corrected chi connectivity index (χ3v) is 2.31. The average molecular weight is 246 g/mol. The standard InChI is InChI=1S/C9H5Cl2NO3/c10-4-1-5(9(11)14)8-6(2-4)12-7(13)3-15-8/h1-2H,3H2,(H,12,13). The summed E-state index contributed by atoms with van der Waals surface area (Å²) in [6.07, 6.45) is 0. The van der Waals surface area contributed by atoms with E-state index in [1.165, 1.54) is 12.1 Å². The van der Waals surface area contributed by atoms with Crippen LogP contribution in [0.3, 0.4) is 0 Å². The summed E-state index contributed by atoms with van der Waals surface area (Å²) in [5, 5.41) is 2.17. The van der Waals surface area contributed by atoms with Crippen molar-refractivity contribution < 1.29 is 14.3 Å². The lowest BCUT2D eigenvalue weighted by Gasteiger charge is -2.19. The Kier molecular flexibility index (Phi) is 2.54. The van der Waals surface area contributed by atoms with Gasteiger partial charge in [0.1, 0.15) is 0 Å². The smallest absolute Gasteiger partial charge is 0.262 e. The molecule has 0 unspecified atom stereocenters. The number of hydrogen-bond acceptors (Lipinski definition) is 3. The van der Waals surface area contributed by atoms with Crippen LogP contribution in [0.5, 0.6) is 5.75 Å². The summed E-state index contributed by atoms with van der Waals surface area (Å²) < 4.78 is 5.11. The van der Waals surface area contributed by atoms with E-state index < -0.39 is 5.24 Å². The number of nitrogens with one attached hydrogen (secondary N) is 1. The zero-order valence-corrected chi connectivity index (χ0v) is 8.85. The van der Waals surface area contributed by atoms with Crippen molar-refractivity contribution in [3.05, 3.63) is 22.7 Å². The first-order valence-electron chi connectivity index (χ1n) is 4.04. The molecule has 1 aromatic rings. The van der Waals surface area contributed by atoms with Crippen LogP contribution in [0.2, 0.25) is 5.02 Å². The molecule has 1 heterocycles. The van der Waals surface area contributed by atoms with Crippen molar-refractivity contribution in [2.75, 3.05) is 11.9 Å².